The molecule has 41 heavy (non-hydrogen) atoms. The molecule has 0 saturated heterocycles. The van der Waals surface area contributed by atoms with E-state index in [-0.39, 0.29) is 32.4 Å². The van der Waals surface area contributed by atoms with Crippen LogP contribution in [0, 0.1) is 0 Å². The monoisotopic (exact) mass is 574 g/mol. The number of aromatic hydroxyl groups is 4. The minimum atomic E-state index is -4.34. The van der Waals surface area contributed by atoms with E-state index in [1.807, 2.05) is 36.4 Å². The maximum atomic E-state index is 13.6. The summed E-state index contributed by atoms with van der Waals surface area (Å²) in [5.74, 6) is -1.36. The molecule has 4 aromatic rings. The zero-order valence-electron chi connectivity index (χ0n) is 23.2. The van der Waals surface area contributed by atoms with Crippen LogP contribution in [-0.4, -0.2) is 28.8 Å². The topological polar surface area (TPSA) is 115 Å². The average Bonchev–Trinajstić information content (AvgIpc) is 2.96. The third-order valence-corrected chi connectivity index (χ3v) is 9.31. The number of sulfone groups is 1. The van der Waals surface area contributed by atoms with Gasteiger partial charge in [-0.15, -0.1) is 0 Å². The Kier molecular flexibility index (Phi) is 10.3. The van der Waals surface area contributed by atoms with Crippen LogP contribution in [0.4, 0.5) is 0 Å². The van der Waals surface area contributed by atoms with Crippen LogP contribution in [-0.2, 0) is 35.5 Å². The predicted octanol–water partition coefficient (Wildman–Crippen LogP) is 7.25. The van der Waals surface area contributed by atoms with Gasteiger partial charge in [-0.3, -0.25) is 0 Å². The van der Waals surface area contributed by atoms with Crippen molar-refractivity contribution in [2.75, 3.05) is 0 Å². The summed E-state index contributed by atoms with van der Waals surface area (Å²) in [7, 11) is -4.34. The third kappa shape index (κ3) is 7.61. The smallest absolute Gasteiger partial charge is 0.213 e. The molecule has 4 rings (SSSR count). The first-order chi connectivity index (χ1) is 19.8. The number of aryl methyl sites for hydroxylation is 2. The van der Waals surface area contributed by atoms with Gasteiger partial charge in [-0.25, -0.2) is 8.42 Å². The molecule has 0 atom stereocenters. The van der Waals surface area contributed by atoms with Gasteiger partial charge in [0, 0.05) is 11.1 Å². The van der Waals surface area contributed by atoms with Crippen LogP contribution in [0.5, 0.6) is 23.0 Å². The molecule has 7 heteroatoms. The van der Waals surface area contributed by atoms with E-state index in [2.05, 4.69) is 24.3 Å². The second-order valence-electron chi connectivity index (χ2n) is 10.4. The van der Waals surface area contributed by atoms with Crippen molar-refractivity contribution in [3.05, 3.63) is 107 Å². The van der Waals surface area contributed by atoms with Crippen LogP contribution in [0.2, 0.25) is 0 Å². The van der Waals surface area contributed by atoms with Gasteiger partial charge in [-0.1, -0.05) is 73.5 Å². The Morgan fingerprint density at radius 2 is 0.805 bits per heavy atom. The van der Waals surface area contributed by atoms with Crippen molar-refractivity contribution in [2.24, 2.45) is 0 Å². The zero-order chi connectivity index (χ0) is 29.2. The van der Waals surface area contributed by atoms with Crippen LogP contribution < -0.4 is 0 Å². The van der Waals surface area contributed by atoms with Gasteiger partial charge in [0.25, 0.3) is 0 Å². The number of phenols is 4. The summed E-state index contributed by atoms with van der Waals surface area (Å²) in [5, 5.41) is 42.7. The number of benzene rings is 4. The van der Waals surface area contributed by atoms with Gasteiger partial charge in [-0.05, 0) is 86.8 Å². The first kappa shape index (κ1) is 30.0. The maximum absolute atomic E-state index is 13.6. The van der Waals surface area contributed by atoms with Crippen LogP contribution >= 0.6 is 0 Å². The van der Waals surface area contributed by atoms with Gasteiger partial charge in [-0.2, -0.15) is 0 Å². The Bertz CT molecular complexity index is 1420. The lowest BCUT2D eigenvalue weighted by Gasteiger charge is -2.15. The summed E-state index contributed by atoms with van der Waals surface area (Å²) in [6.45, 7) is 0. The molecule has 0 spiro atoms. The molecule has 4 aromatic carbocycles. The molecule has 0 aliphatic heterocycles. The number of hydrogen-bond acceptors (Lipinski definition) is 6. The first-order valence-corrected chi connectivity index (χ1v) is 15.7. The molecular weight excluding hydrogens is 536 g/mol. The van der Waals surface area contributed by atoms with E-state index in [9.17, 15) is 28.8 Å². The molecular formula is C34H38O6S. The van der Waals surface area contributed by atoms with E-state index >= 15 is 0 Å². The fourth-order valence-corrected chi connectivity index (χ4v) is 6.64. The number of hydrogen-bond donors (Lipinski definition) is 4. The van der Waals surface area contributed by atoms with Crippen LogP contribution in [0.25, 0.3) is 0 Å². The Morgan fingerprint density at radius 1 is 0.439 bits per heavy atom. The fourth-order valence-electron chi connectivity index (χ4n) is 5.16. The highest BCUT2D eigenvalue weighted by Crippen LogP contribution is 2.42. The van der Waals surface area contributed by atoms with E-state index in [0.29, 0.717) is 25.7 Å². The minimum absolute atomic E-state index is 0.169. The fraction of sp³-hybridized carbons (Fsp3) is 0.294. The third-order valence-electron chi connectivity index (χ3n) is 7.49. The second kappa shape index (κ2) is 14.1. The summed E-state index contributed by atoms with van der Waals surface area (Å²) in [5.41, 5.74) is 2.82. The Morgan fingerprint density at radius 3 is 1.20 bits per heavy atom. The normalized spacial score (nSPS) is 11.5. The molecule has 0 fully saturated rings. The molecule has 0 saturated carbocycles. The van der Waals surface area contributed by atoms with E-state index in [1.165, 1.54) is 23.3 Å². The molecule has 0 unspecified atom stereocenters. The minimum Gasteiger partial charge on any atom is -0.508 e. The number of unbranched alkanes of at least 4 members (excludes halogenated alkanes) is 4. The van der Waals surface area contributed by atoms with E-state index in [1.54, 1.807) is 0 Å². The van der Waals surface area contributed by atoms with Crippen molar-refractivity contribution < 1.29 is 28.8 Å². The SMILES string of the molecule is O=S(=O)(c1ccc(O)c(CCCCCc2ccccc2)c1O)c1ccc(O)c(CCCCCc2ccccc2)c1O. The molecule has 0 aliphatic carbocycles. The van der Waals surface area contributed by atoms with E-state index in [4.69, 9.17) is 0 Å². The Hall–Kier alpha value is -3.97. The van der Waals surface area contributed by atoms with Crippen LogP contribution in [0.15, 0.2) is 94.7 Å². The lowest BCUT2D eigenvalue weighted by molar-refractivity contribution is 0.422. The van der Waals surface area contributed by atoms with Crippen molar-refractivity contribution in [2.45, 2.75) is 74.0 Å². The highest BCUT2D eigenvalue weighted by molar-refractivity contribution is 7.91. The van der Waals surface area contributed by atoms with Gasteiger partial charge in [0.05, 0.1) is 0 Å². The van der Waals surface area contributed by atoms with Gasteiger partial charge >= 0.3 is 0 Å². The molecule has 0 aromatic heterocycles. The van der Waals surface area contributed by atoms with Crippen molar-refractivity contribution in [3.63, 3.8) is 0 Å². The molecule has 0 heterocycles. The van der Waals surface area contributed by atoms with Gasteiger partial charge < -0.3 is 20.4 Å². The predicted molar refractivity (Wildman–Crippen MR) is 160 cm³/mol. The summed E-state index contributed by atoms with van der Waals surface area (Å²) >= 11 is 0. The van der Waals surface area contributed by atoms with Crippen LogP contribution in [0.3, 0.4) is 0 Å². The van der Waals surface area contributed by atoms with Gasteiger partial charge in [0.15, 0.2) is 0 Å². The first-order valence-electron chi connectivity index (χ1n) is 14.2. The van der Waals surface area contributed by atoms with Crippen molar-refractivity contribution in [1.29, 1.82) is 0 Å². The maximum Gasteiger partial charge on any atom is 0.213 e. The average molecular weight is 575 g/mol. The Labute approximate surface area is 242 Å². The van der Waals surface area contributed by atoms with Gasteiger partial charge in [0.1, 0.15) is 32.8 Å². The van der Waals surface area contributed by atoms with Crippen LogP contribution in [0.1, 0.15) is 60.8 Å². The molecule has 216 valence electrons. The largest absolute Gasteiger partial charge is 0.508 e. The standard InChI is InChI=1S/C34H38O6S/c35-29-21-23-31(33(37)27(29)19-11-3-9-17-25-13-5-1-6-14-25)41(39,40)32-24-22-30(36)28(34(32)38)20-12-4-10-18-26-15-7-2-8-16-26/h1-2,5-8,13-16,21-24,35-38H,3-4,9-12,17-20H2. The molecule has 0 amide bonds. The summed E-state index contributed by atoms with van der Waals surface area (Å²) in [4.78, 5) is -0.770. The molecule has 6 nitrogen and oxygen atoms in total. The highest BCUT2D eigenvalue weighted by Gasteiger charge is 2.29. The van der Waals surface area contributed by atoms with Crippen molar-refractivity contribution in [1.82, 2.24) is 0 Å². The second-order valence-corrected chi connectivity index (χ2v) is 12.3. The van der Waals surface area contributed by atoms with E-state index in [0.717, 1.165) is 50.7 Å². The zero-order valence-corrected chi connectivity index (χ0v) is 24.0. The summed E-state index contributed by atoms with van der Waals surface area (Å²) in [6, 6.07) is 25.1. The molecule has 0 aliphatic rings. The number of phenolic OH excluding ortho intramolecular Hbond substituents is 4. The highest BCUT2D eigenvalue weighted by atomic mass is 32.2. The molecule has 0 radical (unpaired) electrons. The lowest BCUT2D eigenvalue weighted by Crippen LogP contribution is -2.06. The lowest BCUT2D eigenvalue weighted by atomic mass is 10.0. The quantitative estimate of drug-likeness (QED) is 0.118. The number of rotatable bonds is 14. The Balaban J connectivity index is 1.43. The molecule has 0 bridgehead atoms. The van der Waals surface area contributed by atoms with Crippen molar-refractivity contribution >= 4 is 9.84 Å². The summed E-state index contributed by atoms with van der Waals surface area (Å²) in [6.07, 6.45) is 7.34. The summed E-state index contributed by atoms with van der Waals surface area (Å²) < 4.78 is 27.2. The van der Waals surface area contributed by atoms with Gasteiger partial charge in [0.2, 0.25) is 9.84 Å². The molecule has 4 N–H and O–H groups in total. The van der Waals surface area contributed by atoms with Crippen molar-refractivity contribution in [3.8, 4) is 23.0 Å². The van der Waals surface area contributed by atoms with E-state index < -0.39 is 21.3 Å².